The SMILES string of the molecule is CCOC(=O)C1=C(C)N=c2sc(=Cc3cccc(OC)c3OCc3ccccc3F)c(=O)n2C1c1ccc(N(C)C)cc1. The number of benzene rings is 3. The average molecular weight is 602 g/mol. The summed E-state index contributed by atoms with van der Waals surface area (Å²) >= 11 is 1.21. The number of methoxy groups -OCH3 is 1. The summed E-state index contributed by atoms with van der Waals surface area (Å²) < 4.78 is 33.2. The summed E-state index contributed by atoms with van der Waals surface area (Å²) in [6.07, 6.45) is 1.71. The van der Waals surface area contributed by atoms with E-state index in [9.17, 15) is 14.0 Å². The highest BCUT2D eigenvalue weighted by molar-refractivity contribution is 7.07. The van der Waals surface area contributed by atoms with Gasteiger partial charge in [-0.05, 0) is 49.8 Å². The van der Waals surface area contributed by atoms with E-state index in [1.165, 1.54) is 24.5 Å². The van der Waals surface area contributed by atoms with Crippen LogP contribution in [-0.4, -0.2) is 38.3 Å². The first-order valence-electron chi connectivity index (χ1n) is 13.7. The maximum absolute atomic E-state index is 14.3. The zero-order valence-electron chi connectivity index (χ0n) is 24.6. The van der Waals surface area contributed by atoms with Crippen molar-refractivity contribution in [2.45, 2.75) is 26.5 Å². The van der Waals surface area contributed by atoms with Gasteiger partial charge in [-0.25, -0.2) is 14.2 Å². The van der Waals surface area contributed by atoms with Crippen LogP contribution in [0.25, 0.3) is 6.08 Å². The van der Waals surface area contributed by atoms with Crippen molar-refractivity contribution in [3.05, 3.63) is 120 Å². The number of fused-ring (bicyclic) bond motifs is 1. The normalized spacial score (nSPS) is 14.7. The van der Waals surface area contributed by atoms with Crippen LogP contribution in [0.4, 0.5) is 10.1 Å². The van der Waals surface area contributed by atoms with Gasteiger partial charge in [-0.1, -0.05) is 53.8 Å². The molecule has 2 heterocycles. The Balaban J connectivity index is 1.64. The van der Waals surface area contributed by atoms with E-state index in [2.05, 4.69) is 4.99 Å². The summed E-state index contributed by atoms with van der Waals surface area (Å²) in [6, 6.07) is 18.7. The average Bonchev–Trinajstić information content (AvgIpc) is 3.30. The summed E-state index contributed by atoms with van der Waals surface area (Å²) in [6.45, 7) is 3.66. The Hall–Kier alpha value is -4.70. The minimum absolute atomic E-state index is 0.0276. The fourth-order valence-corrected chi connectivity index (χ4v) is 5.97. The molecule has 0 amide bonds. The lowest BCUT2D eigenvalue weighted by Crippen LogP contribution is -2.40. The first-order valence-corrected chi connectivity index (χ1v) is 14.5. The van der Waals surface area contributed by atoms with Crippen molar-refractivity contribution >= 4 is 29.1 Å². The molecule has 222 valence electrons. The molecule has 0 saturated carbocycles. The molecule has 0 radical (unpaired) electrons. The first-order chi connectivity index (χ1) is 20.7. The molecule has 1 atom stereocenters. The summed E-state index contributed by atoms with van der Waals surface area (Å²) in [5.74, 6) is -0.0783. The predicted molar refractivity (Wildman–Crippen MR) is 165 cm³/mol. The molecule has 0 aliphatic carbocycles. The molecule has 5 rings (SSSR count). The molecule has 43 heavy (non-hydrogen) atoms. The molecule has 0 spiro atoms. The zero-order chi connectivity index (χ0) is 30.7. The van der Waals surface area contributed by atoms with Gasteiger partial charge in [0, 0.05) is 30.9 Å². The van der Waals surface area contributed by atoms with E-state index in [1.54, 1.807) is 60.9 Å². The molecule has 0 fully saturated rings. The summed E-state index contributed by atoms with van der Waals surface area (Å²) in [4.78, 5) is 34.4. The summed E-state index contributed by atoms with van der Waals surface area (Å²) in [7, 11) is 5.41. The Kier molecular flexibility index (Phi) is 8.77. The number of anilines is 1. The van der Waals surface area contributed by atoms with Crippen LogP contribution >= 0.6 is 11.3 Å². The van der Waals surface area contributed by atoms with Crippen LogP contribution in [0.1, 0.15) is 36.6 Å². The molecule has 8 nitrogen and oxygen atoms in total. The number of carbonyl (C=O) groups excluding carboxylic acids is 1. The molecular formula is C33H32FN3O5S. The Labute approximate surface area is 252 Å². The van der Waals surface area contributed by atoms with Gasteiger partial charge in [0.05, 0.1) is 35.6 Å². The van der Waals surface area contributed by atoms with E-state index in [1.807, 2.05) is 43.3 Å². The van der Waals surface area contributed by atoms with E-state index in [4.69, 9.17) is 14.2 Å². The van der Waals surface area contributed by atoms with Gasteiger partial charge < -0.3 is 19.1 Å². The van der Waals surface area contributed by atoms with Gasteiger partial charge in [-0.3, -0.25) is 9.36 Å². The van der Waals surface area contributed by atoms with Gasteiger partial charge in [0.15, 0.2) is 16.3 Å². The number of aromatic nitrogens is 1. The molecule has 0 N–H and O–H groups in total. The Morgan fingerprint density at radius 2 is 1.84 bits per heavy atom. The van der Waals surface area contributed by atoms with Crippen molar-refractivity contribution in [2.24, 2.45) is 4.99 Å². The van der Waals surface area contributed by atoms with Gasteiger partial charge in [-0.2, -0.15) is 0 Å². The number of esters is 1. The van der Waals surface area contributed by atoms with Gasteiger partial charge in [0.1, 0.15) is 12.4 Å². The number of ether oxygens (including phenoxy) is 3. The second-order valence-corrected chi connectivity index (χ2v) is 11.1. The quantitative estimate of drug-likeness (QED) is 0.261. The lowest BCUT2D eigenvalue weighted by Gasteiger charge is -2.25. The minimum Gasteiger partial charge on any atom is -0.493 e. The highest BCUT2D eigenvalue weighted by Crippen LogP contribution is 2.34. The molecule has 0 saturated heterocycles. The van der Waals surface area contributed by atoms with Crippen LogP contribution in [0.15, 0.2) is 87.8 Å². The monoisotopic (exact) mass is 601 g/mol. The van der Waals surface area contributed by atoms with Crippen LogP contribution in [0.5, 0.6) is 11.5 Å². The molecular weight excluding hydrogens is 569 g/mol. The fraction of sp³-hybridized carbons (Fsp3) is 0.242. The van der Waals surface area contributed by atoms with Crippen LogP contribution < -0.4 is 29.3 Å². The third kappa shape index (κ3) is 5.96. The fourth-order valence-electron chi connectivity index (χ4n) is 4.93. The number of allylic oxidation sites excluding steroid dienone is 1. The van der Waals surface area contributed by atoms with Crippen molar-refractivity contribution in [1.29, 1.82) is 0 Å². The van der Waals surface area contributed by atoms with Crippen LogP contribution in [-0.2, 0) is 16.1 Å². The van der Waals surface area contributed by atoms with E-state index >= 15 is 0 Å². The number of hydrogen-bond acceptors (Lipinski definition) is 8. The van der Waals surface area contributed by atoms with Crippen molar-refractivity contribution in [3.63, 3.8) is 0 Å². The number of para-hydroxylation sites is 1. The molecule has 3 aromatic carbocycles. The third-order valence-corrected chi connectivity index (χ3v) is 8.07. The topological polar surface area (TPSA) is 82.4 Å². The number of halogens is 1. The third-order valence-electron chi connectivity index (χ3n) is 7.09. The maximum atomic E-state index is 14.3. The predicted octanol–water partition coefficient (Wildman–Crippen LogP) is 4.59. The first kappa shape index (κ1) is 29.8. The molecule has 1 aromatic heterocycles. The Bertz CT molecular complexity index is 1880. The van der Waals surface area contributed by atoms with Crippen LogP contribution in [0.2, 0.25) is 0 Å². The number of thiazole rings is 1. The Morgan fingerprint density at radius 1 is 1.09 bits per heavy atom. The van der Waals surface area contributed by atoms with Gasteiger partial charge in [0.2, 0.25) is 0 Å². The summed E-state index contributed by atoms with van der Waals surface area (Å²) in [5.41, 5.74) is 3.19. The zero-order valence-corrected chi connectivity index (χ0v) is 25.4. The molecule has 1 unspecified atom stereocenters. The highest BCUT2D eigenvalue weighted by atomic mass is 32.1. The molecule has 10 heteroatoms. The number of carbonyl (C=O) groups is 1. The second-order valence-electron chi connectivity index (χ2n) is 10.0. The van der Waals surface area contributed by atoms with E-state index in [0.29, 0.717) is 43.2 Å². The molecule has 1 aliphatic heterocycles. The largest absolute Gasteiger partial charge is 0.493 e. The number of nitrogens with zero attached hydrogens (tertiary/aromatic N) is 3. The minimum atomic E-state index is -0.726. The van der Waals surface area contributed by atoms with E-state index < -0.39 is 12.0 Å². The van der Waals surface area contributed by atoms with Crippen molar-refractivity contribution in [3.8, 4) is 11.5 Å². The van der Waals surface area contributed by atoms with Crippen LogP contribution in [0, 0.1) is 5.82 Å². The molecule has 4 aromatic rings. The maximum Gasteiger partial charge on any atom is 0.338 e. The van der Waals surface area contributed by atoms with Crippen molar-refractivity contribution < 1.29 is 23.4 Å². The van der Waals surface area contributed by atoms with Crippen molar-refractivity contribution in [2.75, 3.05) is 32.7 Å². The highest BCUT2D eigenvalue weighted by Gasteiger charge is 2.33. The van der Waals surface area contributed by atoms with Crippen LogP contribution in [0.3, 0.4) is 0 Å². The standard InChI is InChI=1S/C33H32FN3O5S/c1-6-41-32(39)28-20(2)35-33-37(29(28)21-14-16-24(17-15-21)36(3)4)31(38)27(43-33)18-22-11-9-13-26(40-5)30(22)42-19-23-10-7-8-12-25(23)34/h7-18,29H,6,19H2,1-5H3. The lowest BCUT2D eigenvalue weighted by molar-refractivity contribution is -0.139. The summed E-state index contributed by atoms with van der Waals surface area (Å²) in [5, 5.41) is 0. The number of hydrogen-bond donors (Lipinski definition) is 0. The Morgan fingerprint density at radius 3 is 2.51 bits per heavy atom. The van der Waals surface area contributed by atoms with Gasteiger partial charge in [-0.15, -0.1) is 0 Å². The van der Waals surface area contributed by atoms with Gasteiger partial charge >= 0.3 is 5.97 Å². The molecule has 1 aliphatic rings. The van der Waals surface area contributed by atoms with E-state index in [-0.39, 0.29) is 24.6 Å². The van der Waals surface area contributed by atoms with Crippen molar-refractivity contribution in [1.82, 2.24) is 4.57 Å². The smallest absolute Gasteiger partial charge is 0.338 e. The molecule has 0 bridgehead atoms. The van der Waals surface area contributed by atoms with Gasteiger partial charge in [0.25, 0.3) is 5.56 Å². The second kappa shape index (κ2) is 12.7. The lowest BCUT2D eigenvalue weighted by atomic mass is 9.95. The van der Waals surface area contributed by atoms with E-state index in [0.717, 1.165) is 11.3 Å². The number of rotatable bonds is 9.